The third kappa shape index (κ3) is 3.24. The summed E-state index contributed by atoms with van der Waals surface area (Å²) < 4.78 is 27.7. The maximum absolute atomic E-state index is 11.2. The van der Waals surface area contributed by atoms with Crippen molar-refractivity contribution in [3.63, 3.8) is 0 Å². The number of oxazole rings is 1. The normalized spacial score (nSPS) is 11.5. The van der Waals surface area contributed by atoms with E-state index in [2.05, 4.69) is 10.3 Å². The molecule has 0 bridgehead atoms. The lowest BCUT2D eigenvalue weighted by Gasteiger charge is -2.07. The van der Waals surface area contributed by atoms with Crippen molar-refractivity contribution in [2.24, 2.45) is 5.14 Å². The number of primary sulfonamides is 1. The third-order valence-electron chi connectivity index (χ3n) is 2.43. The number of nitrogens with one attached hydrogen (secondary N) is 1. The van der Waals surface area contributed by atoms with Crippen LogP contribution in [-0.4, -0.2) is 13.4 Å². The Morgan fingerprint density at radius 2 is 2.16 bits per heavy atom. The van der Waals surface area contributed by atoms with E-state index >= 15 is 0 Å². The molecule has 0 unspecified atom stereocenters. The number of aromatic nitrogens is 1. The highest BCUT2D eigenvalue weighted by Crippen LogP contribution is 2.21. The van der Waals surface area contributed by atoms with E-state index in [1.807, 2.05) is 0 Å². The molecule has 0 saturated heterocycles. The number of rotatable bonds is 4. The first kappa shape index (κ1) is 13.4. The second-order valence-corrected chi connectivity index (χ2v) is 5.55. The van der Waals surface area contributed by atoms with Crippen LogP contribution in [0.15, 0.2) is 33.7 Å². The topological polar surface area (TPSA) is 124 Å². The molecule has 0 spiro atoms. The molecular weight excluding hydrogens is 268 g/mol. The van der Waals surface area contributed by atoms with Gasteiger partial charge in [-0.05, 0) is 25.1 Å². The first-order valence-corrected chi connectivity index (χ1v) is 6.98. The highest BCUT2D eigenvalue weighted by molar-refractivity contribution is 7.89. The standard InChI is InChI=1S/C11H14N4O3S/c1-7-5-15-11(18-7)6-14-8-2-3-10(9(12)4-8)19(13,16)17/h2-5,14H,6,12H2,1H3,(H2,13,16,17). The number of sulfonamides is 1. The van der Waals surface area contributed by atoms with Crippen LogP contribution in [0, 0.1) is 6.92 Å². The molecular formula is C11H14N4O3S. The van der Waals surface area contributed by atoms with Gasteiger partial charge in [0.05, 0.1) is 18.4 Å². The van der Waals surface area contributed by atoms with Gasteiger partial charge in [-0.1, -0.05) is 0 Å². The van der Waals surface area contributed by atoms with Gasteiger partial charge < -0.3 is 15.5 Å². The van der Waals surface area contributed by atoms with Crippen LogP contribution in [0.4, 0.5) is 11.4 Å². The number of hydrogen-bond acceptors (Lipinski definition) is 6. The molecule has 0 aliphatic heterocycles. The molecule has 0 saturated carbocycles. The Kier molecular flexibility index (Phi) is 3.45. The van der Waals surface area contributed by atoms with Crippen molar-refractivity contribution in [2.45, 2.75) is 18.4 Å². The predicted octanol–water partition coefficient (Wildman–Crippen LogP) is 0.825. The fourth-order valence-electron chi connectivity index (χ4n) is 1.58. The molecule has 0 atom stereocenters. The monoisotopic (exact) mass is 282 g/mol. The summed E-state index contributed by atoms with van der Waals surface area (Å²) >= 11 is 0. The molecule has 1 aromatic heterocycles. The van der Waals surface area contributed by atoms with Crippen LogP contribution in [0.2, 0.25) is 0 Å². The largest absolute Gasteiger partial charge is 0.444 e. The number of nitrogen functional groups attached to an aromatic ring is 1. The number of nitrogens with two attached hydrogens (primary N) is 2. The number of anilines is 2. The Hall–Kier alpha value is -2.06. The second kappa shape index (κ2) is 4.90. The van der Waals surface area contributed by atoms with E-state index in [-0.39, 0.29) is 10.6 Å². The minimum absolute atomic E-state index is 0.0926. The maximum atomic E-state index is 11.2. The molecule has 0 radical (unpaired) electrons. The number of aryl methyl sites for hydroxylation is 1. The van der Waals surface area contributed by atoms with Crippen molar-refractivity contribution in [3.8, 4) is 0 Å². The molecule has 1 aromatic carbocycles. The van der Waals surface area contributed by atoms with E-state index in [1.54, 1.807) is 19.2 Å². The molecule has 7 nitrogen and oxygen atoms in total. The lowest BCUT2D eigenvalue weighted by molar-refractivity contribution is 0.479. The molecule has 8 heteroatoms. The minimum atomic E-state index is -3.80. The summed E-state index contributed by atoms with van der Waals surface area (Å²) in [5.74, 6) is 1.26. The van der Waals surface area contributed by atoms with Gasteiger partial charge in [-0.2, -0.15) is 0 Å². The molecule has 5 N–H and O–H groups in total. The molecule has 102 valence electrons. The minimum Gasteiger partial charge on any atom is -0.444 e. The van der Waals surface area contributed by atoms with Crippen LogP contribution in [0.1, 0.15) is 11.7 Å². The van der Waals surface area contributed by atoms with Crippen LogP contribution >= 0.6 is 0 Å². The summed E-state index contributed by atoms with van der Waals surface area (Å²) in [6.45, 7) is 2.18. The van der Waals surface area contributed by atoms with E-state index < -0.39 is 10.0 Å². The van der Waals surface area contributed by atoms with Gasteiger partial charge in [0.2, 0.25) is 15.9 Å². The molecule has 19 heavy (non-hydrogen) atoms. The first-order chi connectivity index (χ1) is 8.86. The van der Waals surface area contributed by atoms with Crippen LogP contribution in [0.25, 0.3) is 0 Å². The van der Waals surface area contributed by atoms with Crippen molar-refractivity contribution < 1.29 is 12.8 Å². The van der Waals surface area contributed by atoms with Crippen LogP contribution in [-0.2, 0) is 16.6 Å². The van der Waals surface area contributed by atoms with Crippen LogP contribution < -0.4 is 16.2 Å². The Bertz CT molecular complexity index is 694. The SMILES string of the molecule is Cc1cnc(CNc2ccc(S(N)(=O)=O)c(N)c2)o1. The Morgan fingerprint density at radius 1 is 1.42 bits per heavy atom. The van der Waals surface area contributed by atoms with Gasteiger partial charge in [-0.3, -0.25) is 0 Å². The Morgan fingerprint density at radius 3 is 2.68 bits per heavy atom. The summed E-state index contributed by atoms with van der Waals surface area (Å²) in [5, 5.41) is 8.04. The molecule has 0 fully saturated rings. The number of hydrogen-bond donors (Lipinski definition) is 3. The molecule has 0 aliphatic carbocycles. The summed E-state index contributed by atoms with van der Waals surface area (Å²) in [6, 6.07) is 4.43. The fraction of sp³-hybridized carbons (Fsp3) is 0.182. The molecule has 1 heterocycles. The van der Waals surface area contributed by atoms with Gasteiger partial charge in [0, 0.05) is 5.69 Å². The fourth-order valence-corrected chi connectivity index (χ4v) is 2.22. The summed E-state index contributed by atoms with van der Waals surface area (Å²) in [7, 11) is -3.80. The highest BCUT2D eigenvalue weighted by Gasteiger charge is 2.12. The average molecular weight is 282 g/mol. The quantitative estimate of drug-likeness (QED) is 0.713. The Labute approximate surface area is 110 Å². The van der Waals surface area contributed by atoms with Gasteiger partial charge in [0.15, 0.2) is 0 Å². The predicted molar refractivity (Wildman–Crippen MR) is 70.8 cm³/mol. The molecule has 2 rings (SSSR count). The van der Waals surface area contributed by atoms with Crippen LogP contribution in [0.5, 0.6) is 0 Å². The van der Waals surface area contributed by atoms with Gasteiger partial charge in [-0.25, -0.2) is 18.5 Å². The summed E-state index contributed by atoms with van der Waals surface area (Å²) in [5.41, 5.74) is 6.39. The van der Waals surface area contributed by atoms with E-state index in [4.69, 9.17) is 15.3 Å². The number of benzene rings is 1. The van der Waals surface area contributed by atoms with Crippen molar-refractivity contribution in [3.05, 3.63) is 36.0 Å². The van der Waals surface area contributed by atoms with Crippen molar-refractivity contribution in [2.75, 3.05) is 11.1 Å². The molecule has 0 amide bonds. The lowest BCUT2D eigenvalue weighted by atomic mass is 10.3. The average Bonchev–Trinajstić information content (AvgIpc) is 2.71. The summed E-state index contributed by atoms with van der Waals surface area (Å²) in [6.07, 6.45) is 1.62. The van der Waals surface area contributed by atoms with Gasteiger partial charge in [-0.15, -0.1) is 0 Å². The van der Waals surface area contributed by atoms with Gasteiger partial charge in [0.25, 0.3) is 0 Å². The van der Waals surface area contributed by atoms with Crippen molar-refractivity contribution in [1.29, 1.82) is 0 Å². The number of nitrogens with zero attached hydrogens (tertiary/aromatic N) is 1. The Balaban J connectivity index is 2.12. The molecule has 0 aliphatic rings. The first-order valence-electron chi connectivity index (χ1n) is 5.44. The zero-order chi connectivity index (χ0) is 14.0. The van der Waals surface area contributed by atoms with Crippen molar-refractivity contribution >= 4 is 21.4 Å². The van der Waals surface area contributed by atoms with E-state index in [0.717, 1.165) is 5.76 Å². The van der Waals surface area contributed by atoms with E-state index in [9.17, 15) is 8.42 Å². The summed E-state index contributed by atoms with van der Waals surface area (Å²) in [4.78, 5) is 3.94. The van der Waals surface area contributed by atoms with E-state index in [1.165, 1.54) is 12.1 Å². The van der Waals surface area contributed by atoms with Gasteiger partial charge in [0.1, 0.15) is 10.7 Å². The van der Waals surface area contributed by atoms with E-state index in [0.29, 0.717) is 18.1 Å². The van der Waals surface area contributed by atoms with Crippen molar-refractivity contribution in [1.82, 2.24) is 4.98 Å². The molecule has 2 aromatic rings. The smallest absolute Gasteiger partial charge is 0.240 e. The highest BCUT2D eigenvalue weighted by atomic mass is 32.2. The lowest BCUT2D eigenvalue weighted by Crippen LogP contribution is -2.14. The third-order valence-corrected chi connectivity index (χ3v) is 3.41. The van der Waals surface area contributed by atoms with Crippen LogP contribution in [0.3, 0.4) is 0 Å². The zero-order valence-corrected chi connectivity index (χ0v) is 11.1. The van der Waals surface area contributed by atoms with Gasteiger partial charge >= 0.3 is 0 Å². The maximum Gasteiger partial charge on any atom is 0.240 e. The second-order valence-electron chi connectivity index (χ2n) is 4.02. The zero-order valence-electron chi connectivity index (χ0n) is 10.3.